The highest BCUT2D eigenvalue weighted by Gasteiger charge is 2.14. The van der Waals surface area contributed by atoms with Crippen molar-refractivity contribution in [1.29, 1.82) is 0 Å². The van der Waals surface area contributed by atoms with Gasteiger partial charge >= 0.3 is 5.97 Å². The van der Waals surface area contributed by atoms with Gasteiger partial charge in [-0.05, 0) is 0 Å². The lowest BCUT2D eigenvalue weighted by Crippen LogP contribution is -1.95. The Morgan fingerprint density at radius 1 is 1.25 bits per heavy atom. The highest BCUT2D eigenvalue weighted by molar-refractivity contribution is 7.12. The number of benzene rings is 1. The van der Waals surface area contributed by atoms with E-state index in [2.05, 4.69) is 4.98 Å². The number of carboxylic acids is 1. The lowest BCUT2D eigenvalue weighted by Gasteiger charge is -1.97. The van der Waals surface area contributed by atoms with Crippen LogP contribution < -0.4 is 0 Å². The van der Waals surface area contributed by atoms with Crippen molar-refractivity contribution in [3.8, 4) is 11.3 Å². The SMILES string of the molecule is CC.O=C(O)c1scnc1-c1ccccc1. The third kappa shape index (κ3) is 2.67. The average molecular weight is 235 g/mol. The van der Waals surface area contributed by atoms with E-state index in [1.165, 1.54) is 0 Å². The molecular formula is C12H13NO2S. The highest BCUT2D eigenvalue weighted by atomic mass is 32.1. The van der Waals surface area contributed by atoms with E-state index >= 15 is 0 Å². The molecule has 0 fully saturated rings. The van der Waals surface area contributed by atoms with Crippen molar-refractivity contribution in [3.63, 3.8) is 0 Å². The highest BCUT2D eigenvalue weighted by Crippen LogP contribution is 2.24. The summed E-state index contributed by atoms with van der Waals surface area (Å²) in [4.78, 5) is 15.2. The maximum Gasteiger partial charge on any atom is 0.348 e. The van der Waals surface area contributed by atoms with E-state index in [1.807, 2.05) is 44.2 Å². The van der Waals surface area contributed by atoms with Crippen molar-refractivity contribution in [3.05, 3.63) is 40.7 Å². The minimum atomic E-state index is -0.925. The first kappa shape index (κ1) is 12.4. The van der Waals surface area contributed by atoms with E-state index in [-0.39, 0.29) is 4.88 Å². The Labute approximate surface area is 98.4 Å². The van der Waals surface area contributed by atoms with Crippen LogP contribution in [0, 0.1) is 0 Å². The molecule has 4 heteroatoms. The smallest absolute Gasteiger partial charge is 0.348 e. The minimum Gasteiger partial charge on any atom is -0.477 e. The molecule has 1 N–H and O–H groups in total. The van der Waals surface area contributed by atoms with Crippen molar-refractivity contribution in [2.24, 2.45) is 0 Å². The molecule has 0 bridgehead atoms. The summed E-state index contributed by atoms with van der Waals surface area (Å²) in [7, 11) is 0. The van der Waals surface area contributed by atoms with Crippen LogP contribution in [-0.4, -0.2) is 16.1 Å². The molecule has 16 heavy (non-hydrogen) atoms. The molecule has 0 aliphatic carbocycles. The predicted molar refractivity (Wildman–Crippen MR) is 65.9 cm³/mol. The van der Waals surface area contributed by atoms with E-state index in [0.29, 0.717) is 5.69 Å². The number of aromatic nitrogens is 1. The van der Waals surface area contributed by atoms with Gasteiger partial charge in [0, 0.05) is 5.56 Å². The fourth-order valence-electron chi connectivity index (χ4n) is 1.20. The van der Waals surface area contributed by atoms with Gasteiger partial charge < -0.3 is 5.11 Å². The lowest BCUT2D eigenvalue weighted by atomic mass is 10.1. The minimum absolute atomic E-state index is 0.288. The molecule has 84 valence electrons. The summed E-state index contributed by atoms with van der Waals surface area (Å²) in [6.07, 6.45) is 0. The molecule has 0 spiro atoms. The summed E-state index contributed by atoms with van der Waals surface area (Å²) in [6.45, 7) is 4.00. The molecular weight excluding hydrogens is 222 g/mol. The Kier molecular flexibility index (Phi) is 4.66. The lowest BCUT2D eigenvalue weighted by molar-refractivity contribution is 0.0702. The number of nitrogens with zero attached hydrogens (tertiary/aromatic N) is 1. The van der Waals surface area contributed by atoms with E-state index in [0.717, 1.165) is 16.9 Å². The molecule has 0 saturated carbocycles. The molecule has 1 aromatic carbocycles. The number of rotatable bonds is 2. The summed E-state index contributed by atoms with van der Waals surface area (Å²) >= 11 is 1.14. The molecule has 0 atom stereocenters. The average Bonchev–Trinajstić information content (AvgIpc) is 2.82. The second-order valence-electron chi connectivity index (χ2n) is 2.70. The first-order valence-electron chi connectivity index (χ1n) is 5.01. The van der Waals surface area contributed by atoms with Gasteiger partial charge in [0.1, 0.15) is 4.88 Å². The zero-order valence-corrected chi connectivity index (χ0v) is 9.99. The van der Waals surface area contributed by atoms with E-state index in [4.69, 9.17) is 5.11 Å². The molecule has 1 aromatic heterocycles. The molecule has 2 aromatic rings. The predicted octanol–water partition coefficient (Wildman–Crippen LogP) is 3.53. The normalized spacial score (nSPS) is 9.12. The van der Waals surface area contributed by atoms with Crippen molar-refractivity contribution in [2.45, 2.75) is 13.8 Å². The van der Waals surface area contributed by atoms with E-state index in [1.54, 1.807) is 5.51 Å². The van der Waals surface area contributed by atoms with Crippen molar-refractivity contribution >= 4 is 17.3 Å². The van der Waals surface area contributed by atoms with Gasteiger partial charge in [0.15, 0.2) is 0 Å². The van der Waals surface area contributed by atoms with Crippen LogP contribution in [0.3, 0.4) is 0 Å². The van der Waals surface area contributed by atoms with Crippen LogP contribution >= 0.6 is 11.3 Å². The number of aromatic carboxylic acids is 1. The van der Waals surface area contributed by atoms with Crippen LogP contribution in [0.2, 0.25) is 0 Å². The largest absolute Gasteiger partial charge is 0.477 e. The van der Waals surface area contributed by atoms with Crippen LogP contribution in [0.15, 0.2) is 35.8 Å². The summed E-state index contributed by atoms with van der Waals surface area (Å²) in [5.41, 5.74) is 2.93. The first-order chi connectivity index (χ1) is 7.79. The topological polar surface area (TPSA) is 50.2 Å². The zero-order chi connectivity index (χ0) is 12.0. The molecule has 0 aliphatic rings. The molecule has 0 aliphatic heterocycles. The number of carbonyl (C=O) groups is 1. The number of hydrogen-bond donors (Lipinski definition) is 1. The summed E-state index contributed by atoms with van der Waals surface area (Å²) in [6, 6.07) is 9.31. The summed E-state index contributed by atoms with van der Waals surface area (Å²) in [5.74, 6) is -0.925. The standard InChI is InChI=1S/C10H7NO2S.C2H6/c12-10(13)9-8(11-6-14-9)7-4-2-1-3-5-7;1-2/h1-6H,(H,12,13);1-2H3. The van der Waals surface area contributed by atoms with Crippen molar-refractivity contribution < 1.29 is 9.90 Å². The fraction of sp³-hybridized carbons (Fsp3) is 0.167. The van der Waals surface area contributed by atoms with Gasteiger partial charge in [-0.2, -0.15) is 0 Å². The van der Waals surface area contributed by atoms with Crippen molar-refractivity contribution in [2.75, 3.05) is 0 Å². The second kappa shape index (κ2) is 6.02. The van der Waals surface area contributed by atoms with Crippen LogP contribution in [0.1, 0.15) is 23.5 Å². The van der Waals surface area contributed by atoms with Gasteiger partial charge in [0.2, 0.25) is 0 Å². The quantitative estimate of drug-likeness (QED) is 0.866. The van der Waals surface area contributed by atoms with Crippen LogP contribution in [-0.2, 0) is 0 Å². The van der Waals surface area contributed by atoms with E-state index < -0.39 is 5.97 Å². The molecule has 0 saturated heterocycles. The Morgan fingerprint density at radius 2 is 1.88 bits per heavy atom. The molecule has 3 nitrogen and oxygen atoms in total. The maximum atomic E-state index is 10.8. The van der Waals surface area contributed by atoms with Crippen LogP contribution in [0.5, 0.6) is 0 Å². The Morgan fingerprint density at radius 3 is 2.44 bits per heavy atom. The first-order valence-corrected chi connectivity index (χ1v) is 5.89. The van der Waals surface area contributed by atoms with Gasteiger partial charge in [-0.25, -0.2) is 9.78 Å². The molecule has 0 radical (unpaired) electrons. The van der Waals surface area contributed by atoms with Crippen LogP contribution in [0.4, 0.5) is 0 Å². The maximum absolute atomic E-state index is 10.8. The Bertz CT molecular complexity index is 451. The van der Waals surface area contributed by atoms with E-state index in [9.17, 15) is 4.79 Å². The molecule has 0 unspecified atom stereocenters. The van der Waals surface area contributed by atoms with Crippen LogP contribution in [0.25, 0.3) is 11.3 Å². The Hall–Kier alpha value is -1.68. The second-order valence-corrected chi connectivity index (χ2v) is 3.56. The third-order valence-electron chi connectivity index (χ3n) is 1.81. The van der Waals surface area contributed by atoms with Gasteiger partial charge in [0.05, 0.1) is 11.2 Å². The zero-order valence-electron chi connectivity index (χ0n) is 9.18. The molecule has 2 rings (SSSR count). The van der Waals surface area contributed by atoms with Gasteiger partial charge in [-0.15, -0.1) is 11.3 Å². The van der Waals surface area contributed by atoms with Gasteiger partial charge in [-0.3, -0.25) is 0 Å². The number of thiazole rings is 1. The van der Waals surface area contributed by atoms with Gasteiger partial charge in [-0.1, -0.05) is 44.2 Å². The molecule has 1 heterocycles. The number of hydrogen-bond acceptors (Lipinski definition) is 3. The van der Waals surface area contributed by atoms with Crippen molar-refractivity contribution in [1.82, 2.24) is 4.98 Å². The number of carboxylic acid groups (broad SMARTS) is 1. The summed E-state index contributed by atoms with van der Waals surface area (Å²) in [5, 5.41) is 8.89. The Balaban J connectivity index is 0.000000606. The third-order valence-corrected chi connectivity index (χ3v) is 2.62. The summed E-state index contributed by atoms with van der Waals surface area (Å²) < 4.78 is 0. The van der Waals surface area contributed by atoms with Gasteiger partial charge in [0.25, 0.3) is 0 Å². The monoisotopic (exact) mass is 235 g/mol. The fourth-order valence-corrected chi connectivity index (χ4v) is 1.85. The molecule has 0 amide bonds.